The molecule has 0 N–H and O–H groups in total. The maximum absolute atomic E-state index is 12.3. The maximum atomic E-state index is 12.3. The molecule has 0 aliphatic carbocycles. The van der Waals surface area contributed by atoms with Gasteiger partial charge in [0.1, 0.15) is 0 Å². The van der Waals surface area contributed by atoms with E-state index in [4.69, 9.17) is 4.74 Å². The summed E-state index contributed by atoms with van der Waals surface area (Å²) in [5.74, 6) is -0.0585. The predicted octanol–water partition coefficient (Wildman–Crippen LogP) is 5.03. The summed E-state index contributed by atoms with van der Waals surface area (Å²) in [6.07, 6.45) is 5.72. The minimum atomic E-state index is -1.65. The van der Waals surface area contributed by atoms with E-state index in [0.29, 0.717) is 0 Å². The van der Waals surface area contributed by atoms with Crippen molar-refractivity contribution in [3.63, 3.8) is 0 Å². The second-order valence-electron chi connectivity index (χ2n) is 7.37. The summed E-state index contributed by atoms with van der Waals surface area (Å²) >= 11 is 0. The highest BCUT2D eigenvalue weighted by molar-refractivity contribution is 6.81. The van der Waals surface area contributed by atoms with Gasteiger partial charge in [-0.15, -0.1) is 0 Å². The third-order valence-corrected chi connectivity index (χ3v) is 5.68. The lowest BCUT2D eigenvalue weighted by Gasteiger charge is -2.36. The number of unbranched alkanes of at least 4 members (excludes halogenated alkanes) is 2. The van der Waals surface area contributed by atoms with Gasteiger partial charge in [0.15, 0.2) is 0 Å². The topological polar surface area (TPSA) is 26.3 Å². The van der Waals surface area contributed by atoms with E-state index in [-0.39, 0.29) is 16.9 Å². The first-order valence-electron chi connectivity index (χ1n) is 7.34. The minimum Gasteiger partial charge on any atom is -0.469 e. The van der Waals surface area contributed by atoms with E-state index in [0.717, 1.165) is 6.42 Å². The second-order valence-corrected chi connectivity index (χ2v) is 12.7. The van der Waals surface area contributed by atoms with Crippen LogP contribution >= 0.6 is 0 Å². The number of hydrogen-bond acceptors (Lipinski definition) is 2. The zero-order chi connectivity index (χ0) is 15.3. The molecule has 0 radical (unpaired) electrons. The largest absolute Gasteiger partial charge is 0.469 e. The number of carbonyl (C=O) groups is 1. The van der Waals surface area contributed by atoms with Gasteiger partial charge in [0.25, 0.3) is 0 Å². The molecule has 0 bridgehead atoms. The Morgan fingerprint density at radius 1 is 1.26 bits per heavy atom. The highest BCUT2D eigenvalue weighted by atomic mass is 28.3. The van der Waals surface area contributed by atoms with Crippen LogP contribution in [0.25, 0.3) is 0 Å². The summed E-state index contributed by atoms with van der Waals surface area (Å²) in [7, 11) is -0.145. The molecular formula is C16H32O2Si. The summed E-state index contributed by atoms with van der Waals surface area (Å²) in [5, 5.41) is 0. The monoisotopic (exact) mass is 284 g/mol. The average Bonchev–Trinajstić information content (AvgIpc) is 2.24. The van der Waals surface area contributed by atoms with Gasteiger partial charge < -0.3 is 4.74 Å². The number of hydrogen-bond donors (Lipinski definition) is 0. The average molecular weight is 285 g/mol. The van der Waals surface area contributed by atoms with E-state index in [1.54, 1.807) is 0 Å². The number of methoxy groups -OCH3 is 1. The number of rotatable bonds is 6. The Labute approximate surface area is 120 Å². The normalized spacial score (nSPS) is 15.3. The molecule has 0 aliphatic rings. The summed E-state index contributed by atoms with van der Waals surface area (Å²) in [6, 6.07) is 0. The van der Waals surface area contributed by atoms with Crippen LogP contribution in [0.5, 0.6) is 0 Å². The van der Waals surface area contributed by atoms with E-state index in [1.165, 1.54) is 25.5 Å². The van der Waals surface area contributed by atoms with Crippen LogP contribution in [-0.4, -0.2) is 21.2 Å². The molecule has 0 saturated carbocycles. The molecule has 1 unspecified atom stereocenters. The molecular weight excluding hydrogens is 252 g/mol. The third-order valence-electron chi connectivity index (χ3n) is 3.40. The number of allylic oxidation sites excluding steroid dienone is 1. The van der Waals surface area contributed by atoms with E-state index in [2.05, 4.69) is 53.4 Å². The molecule has 0 rings (SSSR count). The Morgan fingerprint density at radius 2 is 1.79 bits per heavy atom. The number of ether oxygens (including phenoxy) is 1. The van der Waals surface area contributed by atoms with Crippen LogP contribution in [0.15, 0.2) is 11.6 Å². The molecule has 19 heavy (non-hydrogen) atoms. The van der Waals surface area contributed by atoms with E-state index in [1.807, 2.05) is 0 Å². The first-order valence-corrected chi connectivity index (χ1v) is 10.9. The van der Waals surface area contributed by atoms with Crippen LogP contribution in [0.2, 0.25) is 25.2 Å². The lowest BCUT2D eigenvalue weighted by atomic mass is 9.83. The van der Waals surface area contributed by atoms with Crippen LogP contribution in [0.1, 0.15) is 47.0 Å². The van der Waals surface area contributed by atoms with Crippen LogP contribution in [-0.2, 0) is 9.53 Å². The molecule has 3 heteroatoms. The van der Waals surface area contributed by atoms with Crippen molar-refractivity contribution in [2.24, 2.45) is 5.41 Å². The van der Waals surface area contributed by atoms with E-state index in [9.17, 15) is 4.79 Å². The molecule has 0 spiro atoms. The molecule has 0 fully saturated rings. The van der Waals surface area contributed by atoms with Gasteiger partial charge in [-0.2, -0.15) is 0 Å². The fourth-order valence-electron chi connectivity index (χ4n) is 2.38. The zero-order valence-electron chi connectivity index (χ0n) is 14.1. The van der Waals surface area contributed by atoms with Gasteiger partial charge in [-0.05, 0) is 11.8 Å². The Hall–Kier alpha value is -0.573. The van der Waals surface area contributed by atoms with Crippen molar-refractivity contribution in [2.45, 2.75) is 72.1 Å². The SMILES string of the molecule is CCCC/C=C(\C(C(=O)OC)[Si](C)(C)C)C(C)(C)C. The fourth-order valence-corrected chi connectivity index (χ4v) is 4.69. The van der Waals surface area contributed by atoms with Gasteiger partial charge in [-0.25, -0.2) is 0 Å². The first-order chi connectivity index (χ1) is 8.55. The Morgan fingerprint density at radius 3 is 2.11 bits per heavy atom. The molecule has 0 aromatic rings. The lowest BCUT2D eigenvalue weighted by molar-refractivity contribution is -0.140. The van der Waals surface area contributed by atoms with Crippen molar-refractivity contribution in [2.75, 3.05) is 7.11 Å². The van der Waals surface area contributed by atoms with Crippen LogP contribution < -0.4 is 0 Å². The molecule has 0 aromatic heterocycles. The van der Waals surface area contributed by atoms with Crippen LogP contribution in [0.3, 0.4) is 0 Å². The van der Waals surface area contributed by atoms with Gasteiger partial charge in [-0.3, -0.25) is 4.79 Å². The number of carbonyl (C=O) groups excluding carboxylic acids is 1. The van der Waals surface area contributed by atoms with Crippen molar-refractivity contribution >= 4 is 14.0 Å². The van der Waals surface area contributed by atoms with E-state index < -0.39 is 8.07 Å². The molecule has 2 nitrogen and oxygen atoms in total. The summed E-state index contributed by atoms with van der Waals surface area (Å²) in [4.78, 5) is 12.3. The van der Waals surface area contributed by atoms with Crippen molar-refractivity contribution in [3.05, 3.63) is 11.6 Å². The van der Waals surface area contributed by atoms with Gasteiger partial charge >= 0.3 is 5.97 Å². The Balaban J connectivity index is 5.51. The molecule has 0 amide bonds. The predicted molar refractivity (Wildman–Crippen MR) is 86.2 cm³/mol. The van der Waals surface area contributed by atoms with Crippen LogP contribution in [0, 0.1) is 5.41 Å². The smallest absolute Gasteiger partial charge is 0.309 e. The second kappa shape index (κ2) is 7.27. The molecule has 0 aromatic carbocycles. The molecule has 0 saturated heterocycles. The zero-order valence-corrected chi connectivity index (χ0v) is 15.1. The molecule has 112 valence electrons. The molecule has 0 aliphatic heterocycles. The highest BCUT2D eigenvalue weighted by Gasteiger charge is 2.40. The van der Waals surface area contributed by atoms with Gasteiger partial charge in [-0.1, -0.05) is 71.8 Å². The Bertz CT molecular complexity index is 319. The van der Waals surface area contributed by atoms with Gasteiger partial charge in [0, 0.05) is 0 Å². The van der Waals surface area contributed by atoms with Crippen LogP contribution in [0.4, 0.5) is 0 Å². The molecule has 0 heterocycles. The third kappa shape index (κ3) is 5.94. The van der Waals surface area contributed by atoms with Crippen molar-refractivity contribution in [1.29, 1.82) is 0 Å². The summed E-state index contributed by atoms with van der Waals surface area (Å²) in [6.45, 7) is 15.5. The van der Waals surface area contributed by atoms with E-state index >= 15 is 0 Å². The lowest BCUT2D eigenvalue weighted by Crippen LogP contribution is -2.38. The van der Waals surface area contributed by atoms with Crippen molar-refractivity contribution in [3.8, 4) is 0 Å². The summed E-state index contributed by atoms with van der Waals surface area (Å²) < 4.78 is 5.08. The quantitative estimate of drug-likeness (QED) is 0.296. The van der Waals surface area contributed by atoms with Gasteiger partial charge in [0.2, 0.25) is 0 Å². The number of esters is 1. The molecule has 1 atom stereocenters. The summed E-state index contributed by atoms with van der Waals surface area (Å²) in [5.41, 5.74) is 1.26. The first kappa shape index (κ1) is 18.4. The Kier molecular flexibility index (Phi) is 7.05. The van der Waals surface area contributed by atoms with Gasteiger partial charge in [0.05, 0.1) is 20.7 Å². The highest BCUT2D eigenvalue weighted by Crippen LogP contribution is 2.41. The standard InChI is InChI=1S/C16H32O2Si/c1-9-10-11-12-13(16(2,3)4)14(15(17)18-5)19(6,7)8/h12,14H,9-11H2,1-8H3/b13-12+. The fraction of sp³-hybridized carbons (Fsp3) is 0.812. The van der Waals surface area contributed by atoms with Crippen molar-refractivity contribution < 1.29 is 9.53 Å². The van der Waals surface area contributed by atoms with Crippen molar-refractivity contribution in [1.82, 2.24) is 0 Å². The minimum absolute atomic E-state index is 0.0207. The maximum Gasteiger partial charge on any atom is 0.309 e.